The van der Waals surface area contributed by atoms with Gasteiger partial charge in [0.05, 0.1) is 5.76 Å². The zero-order chi connectivity index (χ0) is 8.65. The maximum Gasteiger partial charge on any atom is 0.162 e. The molecule has 1 rings (SSSR count). The Morgan fingerprint density at radius 3 is 2.36 bits per heavy atom. The van der Waals surface area contributed by atoms with Gasteiger partial charge in [-0.2, -0.15) is 0 Å². The third-order valence-electron chi connectivity index (χ3n) is 2.14. The quantitative estimate of drug-likeness (QED) is 0.580. The number of allylic oxidation sites excluding steroid dienone is 2. The third kappa shape index (κ3) is 1.62. The van der Waals surface area contributed by atoms with Crippen LogP contribution in [-0.2, 0) is 4.79 Å². The number of aliphatic hydroxyl groups excluding tert-OH is 1. The molecule has 0 saturated heterocycles. The van der Waals surface area contributed by atoms with Crippen LogP contribution < -0.4 is 0 Å². The highest BCUT2D eigenvalue weighted by atomic mass is 16.3. The Balaban J connectivity index is 2.94. The molecule has 2 heteroatoms. The van der Waals surface area contributed by atoms with Crippen LogP contribution in [0.4, 0.5) is 0 Å². The average Bonchev–Trinajstić information content (AvgIpc) is 1.81. The molecule has 0 spiro atoms. The number of carbonyl (C=O) groups is 1. The van der Waals surface area contributed by atoms with Gasteiger partial charge in [-0.15, -0.1) is 0 Å². The Morgan fingerprint density at radius 2 is 1.91 bits per heavy atom. The Morgan fingerprint density at radius 1 is 1.36 bits per heavy atom. The molecule has 1 N–H and O–H groups in total. The first-order valence-electron chi connectivity index (χ1n) is 3.84. The summed E-state index contributed by atoms with van der Waals surface area (Å²) in [6.45, 7) is 5.67. The highest BCUT2D eigenvalue weighted by Crippen LogP contribution is 2.35. The lowest BCUT2D eigenvalue weighted by Crippen LogP contribution is -2.24. The molecule has 0 aromatic carbocycles. The monoisotopic (exact) mass is 154 g/mol. The zero-order valence-electron chi connectivity index (χ0n) is 7.27. The third-order valence-corrected chi connectivity index (χ3v) is 2.14. The van der Waals surface area contributed by atoms with Crippen molar-refractivity contribution in [2.45, 2.75) is 33.6 Å². The number of hydrogen-bond donors (Lipinski definition) is 1. The van der Waals surface area contributed by atoms with Crippen LogP contribution in [0.2, 0.25) is 0 Å². The first kappa shape index (κ1) is 8.31. The fourth-order valence-corrected chi connectivity index (χ4v) is 1.38. The second kappa shape index (κ2) is 2.36. The predicted octanol–water partition coefficient (Wildman–Crippen LogP) is 2.21. The number of hydrogen-bond acceptors (Lipinski definition) is 2. The van der Waals surface area contributed by atoms with E-state index in [0.717, 1.165) is 0 Å². The van der Waals surface area contributed by atoms with Gasteiger partial charge in [0.25, 0.3) is 0 Å². The maximum atomic E-state index is 11.2. The van der Waals surface area contributed by atoms with Crippen molar-refractivity contribution in [1.29, 1.82) is 0 Å². The first-order valence-corrected chi connectivity index (χ1v) is 3.84. The van der Waals surface area contributed by atoms with E-state index in [1.165, 1.54) is 0 Å². The maximum absolute atomic E-state index is 11.2. The molecule has 62 valence electrons. The molecule has 0 aromatic heterocycles. The number of aliphatic hydroxyl groups is 1. The second-order valence-corrected chi connectivity index (χ2v) is 4.01. The van der Waals surface area contributed by atoms with Crippen LogP contribution in [0.15, 0.2) is 11.3 Å². The van der Waals surface area contributed by atoms with Crippen molar-refractivity contribution >= 4 is 5.78 Å². The lowest BCUT2D eigenvalue weighted by atomic mass is 9.77. The van der Waals surface area contributed by atoms with E-state index in [2.05, 4.69) is 0 Å². The molecule has 0 radical (unpaired) electrons. The van der Waals surface area contributed by atoms with E-state index in [0.29, 0.717) is 18.4 Å². The fraction of sp³-hybridized carbons (Fsp3) is 0.667. The largest absolute Gasteiger partial charge is 0.512 e. The van der Waals surface area contributed by atoms with Crippen molar-refractivity contribution in [1.82, 2.24) is 0 Å². The molecule has 0 bridgehead atoms. The molecule has 0 heterocycles. The molecule has 0 saturated carbocycles. The van der Waals surface area contributed by atoms with Gasteiger partial charge in [-0.3, -0.25) is 4.79 Å². The van der Waals surface area contributed by atoms with Gasteiger partial charge in [0.2, 0.25) is 0 Å². The van der Waals surface area contributed by atoms with Crippen LogP contribution in [0.25, 0.3) is 0 Å². The van der Waals surface area contributed by atoms with Gasteiger partial charge in [0.15, 0.2) is 5.78 Å². The molecule has 11 heavy (non-hydrogen) atoms. The minimum atomic E-state index is -0.0549. The van der Waals surface area contributed by atoms with E-state index in [1.54, 1.807) is 6.92 Å². The standard InChI is InChI=1S/C9H14O2/c1-6-7(10)4-9(2,3)5-8(6)11/h10H,4-5H2,1-3H3. The van der Waals surface area contributed by atoms with Crippen LogP contribution in [0.5, 0.6) is 0 Å². The lowest BCUT2D eigenvalue weighted by molar-refractivity contribution is -0.118. The molecule has 0 fully saturated rings. The highest BCUT2D eigenvalue weighted by Gasteiger charge is 2.30. The van der Waals surface area contributed by atoms with Gasteiger partial charge in [-0.1, -0.05) is 13.8 Å². The van der Waals surface area contributed by atoms with Gasteiger partial charge in [-0.25, -0.2) is 0 Å². The predicted molar refractivity (Wildman–Crippen MR) is 43.4 cm³/mol. The van der Waals surface area contributed by atoms with Crippen molar-refractivity contribution in [2.75, 3.05) is 0 Å². The fourth-order valence-electron chi connectivity index (χ4n) is 1.38. The van der Waals surface area contributed by atoms with E-state index in [-0.39, 0.29) is 17.0 Å². The van der Waals surface area contributed by atoms with Gasteiger partial charge in [-0.05, 0) is 12.3 Å². The normalized spacial score (nSPS) is 24.1. The van der Waals surface area contributed by atoms with Crippen molar-refractivity contribution in [3.8, 4) is 0 Å². The molecule has 2 nitrogen and oxygen atoms in total. The van der Waals surface area contributed by atoms with Gasteiger partial charge in [0.1, 0.15) is 0 Å². The summed E-state index contributed by atoms with van der Waals surface area (Å²) in [6.07, 6.45) is 1.19. The molecular formula is C9H14O2. The molecule has 0 aromatic rings. The Kier molecular flexibility index (Phi) is 1.78. The Labute approximate surface area is 66.9 Å². The van der Waals surface area contributed by atoms with E-state index in [4.69, 9.17) is 0 Å². The minimum Gasteiger partial charge on any atom is -0.512 e. The number of rotatable bonds is 0. The van der Waals surface area contributed by atoms with Crippen LogP contribution in [-0.4, -0.2) is 10.9 Å². The summed E-state index contributed by atoms with van der Waals surface area (Å²) >= 11 is 0. The van der Waals surface area contributed by atoms with Crippen LogP contribution in [0.1, 0.15) is 33.6 Å². The second-order valence-electron chi connectivity index (χ2n) is 4.01. The highest BCUT2D eigenvalue weighted by molar-refractivity contribution is 5.96. The molecule has 0 aliphatic heterocycles. The molecule has 0 atom stereocenters. The summed E-state index contributed by atoms with van der Waals surface area (Å²) in [7, 11) is 0. The summed E-state index contributed by atoms with van der Waals surface area (Å²) < 4.78 is 0. The summed E-state index contributed by atoms with van der Waals surface area (Å²) in [4.78, 5) is 11.2. The molecular weight excluding hydrogens is 140 g/mol. The minimum absolute atomic E-state index is 0.0549. The lowest BCUT2D eigenvalue weighted by Gasteiger charge is -2.28. The van der Waals surface area contributed by atoms with Gasteiger partial charge < -0.3 is 5.11 Å². The van der Waals surface area contributed by atoms with Gasteiger partial charge in [0, 0.05) is 18.4 Å². The van der Waals surface area contributed by atoms with E-state index in [9.17, 15) is 9.90 Å². The first-order chi connectivity index (χ1) is 4.92. The van der Waals surface area contributed by atoms with Crippen molar-refractivity contribution in [3.05, 3.63) is 11.3 Å². The summed E-state index contributed by atoms with van der Waals surface area (Å²) in [5, 5.41) is 9.34. The average molecular weight is 154 g/mol. The van der Waals surface area contributed by atoms with E-state index in [1.807, 2.05) is 13.8 Å². The zero-order valence-corrected chi connectivity index (χ0v) is 7.27. The van der Waals surface area contributed by atoms with Crippen molar-refractivity contribution in [3.63, 3.8) is 0 Å². The molecule has 0 amide bonds. The summed E-state index contributed by atoms with van der Waals surface area (Å²) in [6, 6.07) is 0. The number of carbonyl (C=O) groups excluding carboxylic acids is 1. The van der Waals surface area contributed by atoms with Gasteiger partial charge >= 0.3 is 0 Å². The van der Waals surface area contributed by atoms with Crippen molar-refractivity contribution < 1.29 is 9.90 Å². The van der Waals surface area contributed by atoms with Crippen molar-refractivity contribution in [2.24, 2.45) is 5.41 Å². The summed E-state index contributed by atoms with van der Waals surface area (Å²) in [5.41, 5.74) is 0.491. The van der Waals surface area contributed by atoms with Crippen LogP contribution in [0, 0.1) is 5.41 Å². The summed E-state index contributed by atoms with van der Waals surface area (Å²) in [5.74, 6) is 0.352. The topological polar surface area (TPSA) is 37.3 Å². The molecule has 1 aliphatic rings. The number of Topliss-reactive ketones (excluding diaryl/α,β-unsaturated/α-hetero) is 1. The SMILES string of the molecule is CC1=C(O)CC(C)(C)CC1=O. The van der Waals surface area contributed by atoms with Crippen LogP contribution >= 0.6 is 0 Å². The van der Waals surface area contributed by atoms with E-state index < -0.39 is 0 Å². The Hall–Kier alpha value is -0.790. The van der Waals surface area contributed by atoms with E-state index >= 15 is 0 Å². The Bertz CT molecular complexity index is 224. The number of ketones is 1. The molecule has 0 unspecified atom stereocenters. The van der Waals surface area contributed by atoms with Crippen LogP contribution in [0.3, 0.4) is 0 Å². The smallest absolute Gasteiger partial charge is 0.162 e. The molecule has 1 aliphatic carbocycles.